The fourth-order valence-electron chi connectivity index (χ4n) is 1.75. The number of carbonyl (C=O) groups excluding carboxylic acids is 1. The predicted molar refractivity (Wildman–Crippen MR) is 64.9 cm³/mol. The molecule has 1 N–H and O–H groups in total. The molecule has 0 fully saturated rings. The van der Waals surface area contributed by atoms with Gasteiger partial charge in [-0.1, -0.05) is 26.2 Å². The summed E-state index contributed by atoms with van der Waals surface area (Å²) in [5.74, 6) is 0.249. The topological polar surface area (TPSA) is 32.3 Å². The molecule has 0 aromatic heterocycles. The largest absolute Gasteiger partial charge is 0.342 e. The maximum absolute atomic E-state index is 12.0. The minimum Gasteiger partial charge on any atom is -0.342 e. The highest BCUT2D eigenvalue weighted by atomic mass is 16.2. The zero-order chi connectivity index (χ0) is 11.7. The summed E-state index contributed by atoms with van der Waals surface area (Å²) in [5.41, 5.74) is 0. The number of likely N-dealkylation sites (N-methyl/N-ethyl adjacent to an activating group) is 2. The summed E-state index contributed by atoms with van der Waals surface area (Å²) in [7, 11) is 1.87. The van der Waals surface area contributed by atoms with Crippen LogP contribution in [-0.4, -0.2) is 37.0 Å². The van der Waals surface area contributed by atoms with Crippen molar-refractivity contribution in [3.05, 3.63) is 0 Å². The number of unbranched alkanes of at least 4 members (excludes halogenated alkanes) is 2. The van der Waals surface area contributed by atoms with Crippen molar-refractivity contribution in [1.29, 1.82) is 0 Å². The lowest BCUT2D eigenvalue weighted by atomic mass is 10.1. The smallest absolute Gasteiger partial charge is 0.239 e. The fraction of sp³-hybridized carbons (Fsp3) is 0.917. The molecule has 0 aliphatic heterocycles. The molecule has 1 atom stereocenters. The van der Waals surface area contributed by atoms with E-state index in [4.69, 9.17) is 0 Å². The van der Waals surface area contributed by atoms with E-state index in [1.165, 1.54) is 12.8 Å². The van der Waals surface area contributed by atoms with E-state index in [9.17, 15) is 4.79 Å². The van der Waals surface area contributed by atoms with Crippen LogP contribution in [0.15, 0.2) is 0 Å². The highest BCUT2D eigenvalue weighted by Gasteiger charge is 2.19. The second-order valence-corrected chi connectivity index (χ2v) is 3.85. The summed E-state index contributed by atoms with van der Waals surface area (Å²) < 4.78 is 0. The van der Waals surface area contributed by atoms with Gasteiger partial charge in [0.15, 0.2) is 0 Å². The van der Waals surface area contributed by atoms with Crippen molar-refractivity contribution in [2.45, 2.75) is 52.5 Å². The van der Waals surface area contributed by atoms with Crippen LogP contribution in [0, 0.1) is 0 Å². The molecule has 0 aromatic carbocycles. The van der Waals surface area contributed by atoms with Crippen LogP contribution in [0.5, 0.6) is 0 Å². The number of carbonyl (C=O) groups is 1. The summed E-state index contributed by atoms with van der Waals surface area (Å²) in [5, 5.41) is 3.12. The number of nitrogens with one attached hydrogen (secondary N) is 1. The van der Waals surface area contributed by atoms with Gasteiger partial charge < -0.3 is 10.2 Å². The Kier molecular flexibility index (Phi) is 8.38. The van der Waals surface area contributed by atoms with E-state index < -0.39 is 0 Å². The maximum Gasteiger partial charge on any atom is 0.239 e. The van der Waals surface area contributed by atoms with Crippen molar-refractivity contribution in [2.75, 3.05) is 20.1 Å². The Balaban J connectivity index is 4.08. The van der Waals surface area contributed by atoms with Crippen molar-refractivity contribution >= 4 is 5.91 Å². The fourth-order valence-corrected chi connectivity index (χ4v) is 1.75. The molecule has 0 rings (SSSR count). The van der Waals surface area contributed by atoms with Gasteiger partial charge >= 0.3 is 0 Å². The summed E-state index contributed by atoms with van der Waals surface area (Å²) in [4.78, 5) is 13.9. The Morgan fingerprint density at radius 2 is 1.80 bits per heavy atom. The molecule has 0 bridgehead atoms. The normalized spacial score (nSPS) is 12.5. The molecule has 0 aliphatic rings. The predicted octanol–water partition coefficient (Wildman–Crippen LogP) is 2.02. The van der Waals surface area contributed by atoms with E-state index in [0.717, 1.165) is 25.9 Å². The second kappa shape index (κ2) is 8.72. The number of nitrogens with zero attached hydrogens (tertiary/aromatic N) is 1. The van der Waals surface area contributed by atoms with Crippen molar-refractivity contribution in [1.82, 2.24) is 10.2 Å². The highest BCUT2D eigenvalue weighted by molar-refractivity contribution is 5.81. The number of rotatable bonds is 8. The van der Waals surface area contributed by atoms with Gasteiger partial charge in [0.25, 0.3) is 0 Å². The molecule has 0 unspecified atom stereocenters. The van der Waals surface area contributed by atoms with Crippen LogP contribution >= 0.6 is 0 Å². The van der Waals surface area contributed by atoms with E-state index in [1.807, 2.05) is 25.8 Å². The number of amides is 1. The maximum atomic E-state index is 12.0. The third-order valence-corrected chi connectivity index (χ3v) is 2.82. The third kappa shape index (κ3) is 5.17. The van der Waals surface area contributed by atoms with Crippen LogP contribution in [0.25, 0.3) is 0 Å². The van der Waals surface area contributed by atoms with Crippen LogP contribution in [0.2, 0.25) is 0 Å². The molecular formula is C12H26N2O. The summed E-state index contributed by atoms with van der Waals surface area (Å²) in [6.07, 6.45) is 4.51. The van der Waals surface area contributed by atoms with E-state index in [1.54, 1.807) is 0 Å². The Hall–Kier alpha value is -0.570. The van der Waals surface area contributed by atoms with Gasteiger partial charge in [0.2, 0.25) is 5.91 Å². The van der Waals surface area contributed by atoms with Gasteiger partial charge in [0.05, 0.1) is 6.04 Å². The van der Waals surface area contributed by atoms with Crippen molar-refractivity contribution in [3.8, 4) is 0 Å². The Morgan fingerprint density at radius 3 is 2.20 bits per heavy atom. The SMILES string of the molecule is CCCCC[C@@H](NC)C(=O)N(CC)CC. The van der Waals surface area contributed by atoms with E-state index in [2.05, 4.69) is 12.2 Å². The Labute approximate surface area is 94.2 Å². The van der Waals surface area contributed by atoms with Crippen LogP contribution in [0.1, 0.15) is 46.5 Å². The van der Waals surface area contributed by atoms with Gasteiger partial charge in [-0.15, -0.1) is 0 Å². The quantitative estimate of drug-likeness (QED) is 0.627. The van der Waals surface area contributed by atoms with Crippen LogP contribution < -0.4 is 5.32 Å². The number of hydrogen-bond acceptors (Lipinski definition) is 2. The molecule has 90 valence electrons. The van der Waals surface area contributed by atoms with Gasteiger partial charge in [-0.25, -0.2) is 0 Å². The highest BCUT2D eigenvalue weighted by Crippen LogP contribution is 2.06. The first kappa shape index (κ1) is 14.4. The first-order valence-corrected chi connectivity index (χ1v) is 6.17. The standard InChI is InChI=1S/C12H26N2O/c1-5-8-9-10-11(13-4)12(15)14(6-2)7-3/h11,13H,5-10H2,1-4H3/t11-/m1/s1. The first-order chi connectivity index (χ1) is 7.21. The third-order valence-electron chi connectivity index (χ3n) is 2.82. The van der Waals surface area contributed by atoms with Crippen molar-refractivity contribution < 1.29 is 4.79 Å². The molecule has 0 aliphatic carbocycles. The molecule has 0 radical (unpaired) electrons. The minimum atomic E-state index is 0.0106. The average Bonchev–Trinajstić information content (AvgIpc) is 2.26. The van der Waals surface area contributed by atoms with E-state index >= 15 is 0 Å². The van der Waals surface area contributed by atoms with Gasteiger partial charge in [0, 0.05) is 13.1 Å². The molecule has 1 amide bonds. The van der Waals surface area contributed by atoms with Crippen molar-refractivity contribution in [3.63, 3.8) is 0 Å². The van der Waals surface area contributed by atoms with Gasteiger partial charge in [-0.05, 0) is 27.3 Å². The summed E-state index contributed by atoms with van der Waals surface area (Å²) >= 11 is 0. The summed E-state index contributed by atoms with van der Waals surface area (Å²) in [6.45, 7) is 7.85. The molecule has 3 nitrogen and oxygen atoms in total. The molecule has 0 aromatic rings. The first-order valence-electron chi connectivity index (χ1n) is 6.17. The lowest BCUT2D eigenvalue weighted by Crippen LogP contribution is -2.45. The van der Waals surface area contributed by atoms with E-state index in [-0.39, 0.29) is 11.9 Å². The van der Waals surface area contributed by atoms with Gasteiger partial charge in [-0.3, -0.25) is 4.79 Å². The molecule has 15 heavy (non-hydrogen) atoms. The molecular weight excluding hydrogens is 188 g/mol. The lowest BCUT2D eigenvalue weighted by Gasteiger charge is -2.24. The van der Waals surface area contributed by atoms with Crippen LogP contribution in [0.3, 0.4) is 0 Å². The van der Waals surface area contributed by atoms with E-state index in [0.29, 0.717) is 0 Å². The molecule has 0 heterocycles. The lowest BCUT2D eigenvalue weighted by molar-refractivity contribution is -0.133. The van der Waals surface area contributed by atoms with Gasteiger partial charge in [0.1, 0.15) is 0 Å². The Morgan fingerprint density at radius 1 is 1.20 bits per heavy atom. The number of hydrogen-bond donors (Lipinski definition) is 1. The summed E-state index contributed by atoms with van der Waals surface area (Å²) in [6, 6.07) is 0.0106. The zero-order valence-corrected chi connectivity index (χ0v) is 10.7. The monoisotopic (exact) mass is 214 g/mol. The van der Waals surface area contributed by atoms with Crippen LogP contribution in [0.4, 0.5) is 0 Å². The molecule has 3 heteroatoms. The average molecular weight is 214 g/mol. The molecule has 0 saturated carbocycles. The zero-order valence-electron chi connectivity index (χ0n) is 10.7. The molecule has 0 saturated heterocycles. The Bertz CT molecular complexity index is 167. The van der Waals surface area contributed by atoms with Crippen molar-refractivity contribution in [2.24, 2.45) is 0 Å². The van der Waals surface area contributed by atoms with Gasteiger partial charge in [-0.2, -0.15) is 0 Å². The minimum absolute atomic E-state index is 0.0106. The van der Waals surface area contributed by atoms with Crippen LogP contribution in [-0.2, 0) is 4.79 Å². The second-order valence-electron chi connectivity index (χ2n) is 3.85. The molecule has 0 spiro atoms.